The van der Waals surface area contributed by atoms with Gasteiger partial charge in [-0.15, -0.1) is 0 Å². The summed E-state index contributed by atoms with van der Waals surface area (Å²) in [5.41, 5.74) is 0.934. The first-order valence-electron chi connectivity index (χ1n) is 6.14. The number of amides is 1. The molecule has 2 aromatic rings. The molecule has 1 aromatic heterocycles. The Kier molecular flexibility index (Phi) is 4.49. The molecule has 1 amide bonds. The summed E-state index contributed by atoms with van der Waals surface area (Å²) in [5, 5.41) is 10.0. The van der Waals surface area contributed by atoms with Gasteiger partial charge in [-0.25, -0.2) is 4.98 Å². The fourth-order valence-electron chi connectivity index (χ4n) is 1.61. The van der Waals surface area contributed by atoms with E-state index in [0.29, 0.717) is 13.0 Å². The average Bonchev–Trinajstić information content (AvgIpc) is 2.83. The zero-order chi connectivity index (χ0) is 13.5. The predicted octanol–water partition coefficient (Wildman–Crippen LogP) is 0.586. The fourth-order valence-corrected chi connectivity index (χ4v) is 1.61. The monoisotopic (exact) mass is 259 g/mol. The Morgan fingerprint density at radius 1 is 1.32 bits per heavy atom. The van der Waals surface area contributed by atoms with Gasteiger partial charge < -0.3 is 10.6 Å². The smallest absolute Gasteiger partial charge is 0.239 e. The Morgan fingerprint density at radius 3 is 2.79 bits per heavy atom. The summed E-state index contributed by atoms with van der Waals surface area (Å²) < 4.78 is 1.65. The maximum Gasteiger partial charge on any atom is 0.239 e. The lowest BCUT2D eigenvalue weighted by Crippen LogP contribution is -2.31. The molecule has 100 valence electrons. The quantitative estimate of drug-likeness (QED) is 0.796. The van der Waals surface area contributed by atoms with Crippen LogP contribution in [0.25, 0.3) is 0 Å². The minimum atomic E-state index is -0.0419. The SMILES string of the molecule is Cn1cnc(CCNC(=O)CNc2ccccc2)n1. The van der Waals surface area contributed by atoms with Crippen molar-refractivity contribution in [3.8, 4) is 0 Å². The van der Waals surface area contributed by atoms with Crippen molar-refractivity contribution in [3.63, 3.8) is 0 Å². The molecule has 0 spiro atoms. The van der Waals surface area contributed by atoms with E-state index in [1.54, 1.807) is 11.0 Å². The van der Waals surface area contributed by atoms with Crippen LogP contribution in [0.2, 0.25) is 0 Å². The van der Waals surface area contributed by atoms with Gasteiger partial charge >= 0.3 is 0 Å². The van der Waals surface area contributed by atoms with E-state index in [1.165, 1.54) is 0 Å². The predicted molar refractivity (Wildman–Crippen MR) is 72.6 cm³/mol. The number of carbonyl (C=O) groups is 1. The second kappa shape index (κ2) is 6.53. The van der Waals surface area contributed by atoms with Crippen LogP contribution in [-0.4, -0.2) is 33.8 Å². The molecule has 19 heavy (non-hydrogen) atoms. The van der Waals surface area contributed by atoms with E-state index in [-0.39, 0.29) is 12.5 Å². The van der Waals surface area contributed by atoms with Crippen LogP contribution in [0.15, 0.2) is 36.7 Å². The highest BCUT2D eigenvalue weighted by molar-refractivity contribution is 5.80. The summed E-state index contributed by atoms with van der Waals surface area (Å²) in [7, 11) is 1.82. The molecular formula is C13H17N5O. The molecule has 0 atom stereocenters. The van der Waals surface area contributed by atoms with Crippen molar-refractivity contribution in [2.75, 3.05) is 18.4 Å². The Bertz CT molecular complexity index is 523. The molecule has 6 heteroatoms. The van der Waals surface area contributed by atoms with Crippen LogP contribution in [0.5, 0.6) is 0 Å². The van der Waals surface area contributed by atoms with Gasteiger partial charge in [0.15, 0.2) is 5.82 Å². The average molecular weight is 259 g/mol. The first kappa shape index (κ1) is 13.1. The molecule has 0 fully saturated rings. The Morgan fingerprint density at radius 2 is 2.11 bits per heavy atom. The molecule has 2 rings (SSSR count). The molecule has 0 saturated heterocycles. The van der Waals surface area contributed by atoms with Gasteiger partial charge in [0.05, 0.1) is 6.54 Å². The maximum absolute atomic E-state index is 11.6. The molecule has 0 bridgehead atoms. The van der Waals surface area contributed by atoms with Gasteiger partial charge in [0.25, 0.3) is 0 Å². The number of rotatable bonds is 6. The van der Waals surface area contributed by atoms with Gasteiger partial charge in [0.2, 0.25) is 5.91 Å². The second-order valence-corrected chi connectivity index (χ2v) is 4.15. The van der Waals surface area contributed by atoms with Crippen LogP contribution in [0, 0.1) is 0 Å². The van der Waals surface area contributed by atoms with Gasteiger partial charge in [-0.1, -0.05) is 18.2 Å². The third kappa shape index (κ3) is 4.42. The minimum Gasteiger partial charge on any atom is -0.376 e. The highest BCUT2D eigenvalue weighted by Crippen LogP contribution is 2.03. The highest BCUT2D eigenvalue weighted by Gasteiger charge is 2.02. The van der Waals surface area contributed by atoms with Crippen molar-refractivity contribution in [2.24, 2.45) is 7.05 Å². The van der Waals surface area contributed by atoms with E-state index in [2.05, 4.69) is 20.7 Å². The molecule has 0 aliphatic carbocycles. The summed E-state index contributed by atoms with van der Waals surface area (Å²) in [4.78, 5) is 15.7. The van der Waals surface area contributed by atoms with Crippen LogP contribution in [0.4, 0.5) is 5.69 Å². The number of nitrogens with zero attached hydrogens (tertiary/aromatic N) is 3. The van der Waals surface area contributed by atoms with Crippen LogP contribution in [0.3, 0.4) is 0 Å². The van der Waals surface area contributed by atoms with Crippen LogP contribution < -0.4 is 10.6 Å². The fraction of sp³-hybridized carbons (Fsp3) is 0.308. The van der Waals surface area contributed by atoms with Crippen molar-refractivity contribution < 1.29 is 4.79 Å². The maximum atomic E-state index is 11.6. The lowest BCUT2D eigenvalue weighted by molar-refractivity contribution is -0.119. The summed E-state index contributed by atoms with van der Waals surface area (Å²) >= 11 is 0. The molecule has 2 N–H and O–H groups in total. The van der Waals surface area contributed by atoms with Crippen LogP contribution in [0.1, 0.15) is 5.82 Å². The van der Waals surface area contributed by atoms with E-state index in [0.717, 1.165) is 11.5 Å². The van der Waals surface area contributed by atoms with E-state index in [9.17, 15) is 4.79 Å². The zero-order valence-electron chi connectivity index (χ0n) is 10.8. The van der Waals surface area contributed by atoms with E-state index in [4.69, 9.17) is 0 Å². The van der Waals surface area contributed by atoms with Crippen molar-refractivity contribution in [3.05, 3.63) is 42.5 Å². The first-order chi connectivity index (χ1) is 9.24. The number of carbonyl (C=O) groups excluding carboxylic acids is 1. The first-order valence-corrected chi connectivity index (χ1v) is 6.14. The van der Waals surface area contributed by atoms with Gasteiger partial charge in [-0.3, -0.25) is 9.48 Å². The summed E-state index contributed by atoms with van der Waals surface area (Å²) in [6, 6.07) is 9.63. The molecule has 0 saturated carbocycles. The normalized spacial score (nSPS) is 10.2. The van der Waals surface area contributed by atoms with E-state index in [1.807, 2.05) is 37.4 Å². The number of para-hydroxylation sites is 1. The largest absolute Gasteiger partial charge is 0.376 e. The van der Waals surface area contributed by atoms with Crippen molar-refractivity contribution in [1.82, 2.24) is 20.1 Å². The summed E-state index contributed by atoms with van der Waals surface area (Å²) in [6.07, 6.45) is 2.28. The second-order valence-electron chi connectivity index (χ2n) is 4.15. The third-order valence-electron chi connectivity index (χ3n) is 2.54. The van der Waals surface area contributed by atoms with Gasteiger partial charge in [0.1, 0.15) is 6.33 Å². The van der Waals surface area contributed by atoms with E-state index >= 15 is 0 Å². The number of anilines is 1. The lowest BCUT2D eigenvalue weighted by Gasteiger charge is -2.06. The number of hydrogen-bond donors (Lipinski definition) is 2. The number of aryl methyl sites for hydroxylation is 1. The van der Waals surface area contributed by atoms with Crippen molar-refractivity contribution >= 4 is 11.6 Å². The van der Waals surface area contributed by atoms with Crippen molar-refractivity contribution in [1.29, 1.82) is 0 Å². The number of nitrogens with one attached hydrogen (secondary N) is 2. The number of benzene rings is 1. The van der Waals surface area contributed by atoms with Gasteiger partial charge in [-0.05, 0) is 12.1 Å². The van der Waals surface area contributed by atoms with E-state index < -0.39 is 0 Å². The minimum absolute atomic E-state index is 0.0419. The summed E-state index contributed by atoms with van der Waals surface area (Å²) in [6.45, 7) is 0.805. The van der Waals surface area contributed by atoms with Crippen molar-refractivity contribution in [2.45, 2.75) is 6.42 Å². The van der Waals surface area contributed by atoms with Gasteiger partial charge in [-0.2, -0.15) is 5.10 Å². The van der Waals surface area contributed by atoms with Crippen LogP contribution in [-0.2, 0) is 18.3 Å². The van der Waals surface area contributed by atoms with Gasteiger partial charge in [0, 0.05) is 25.7 Å². The zero-order valence-corrected chi connectivity index (χ0v) is 10.8. The molecule has 6 nitrogen and oxygen atoms in total. The molecule has 0 unspecified atom stereocenters. The summed E-state index contributed by atoms with van der Waals surface area (Å²) in [5.74, 6) is 0.693. The molecule has 0 aliphatic rings. The Balaban J connectivity index is 1.65. The highest BCUT2D eigenvalue weighted by atomic mass is 16.1. The Hall–Kier alpha value is -2.37. The lowest BCUT2D eigenvalue weighted by atomic mass is 10.3. The van der Waals surface area contributed by atoms with Crippen LogP contribution >= 0.6 is 0 Å². The number of hydrogen-bond acceptors (Lipinski definition) is 4. The number of aromatic nitrogens is 3. The Labute approximate surface area is 111 Å². The topological polar surface area (TPSA) is 71.8 Å². The molecule has 1 aromatic carbocycles. The third-order valence-corrected chi connectivity index (χ3v) is 2.54. The standard InChI is InChI=1S/C13H17N5O/c1-18-10-16-12(17-18)7-8-14-13(19)9-15-11-5-3-2-4-6-11/h2-6,10,15H,7-9H2,1H3,(H,14,19). The molecule has 0 aliphatic heterocycles. The molecule has 1 heterocycles. The molecular weight excluding hydrogens is 242 g/mol. The molecule has 0 radical (unpaired) electrons.